The first-order valence-electron chi connectivity index (χ1n) is 7.86. The van der Waals surface area contributed by atoms with E-state index in [4.69, 9.17) is 4.52 Å². The molecule has 4 aromatic heterocycles. The van der Waals surface area contributed by atoms with Crippen LogP contribution in [0, 0.1) is 6.92 Å². The molecule has 4 heterocycles. The van der Waals surface area contributed by atoms with Gasteiger partial charge in [0.15, 0.2) is 5.13 Å². The topological polar surface area (TPSA) is 80.9 Å². The highest BCUT2D eigenvalue weighted by Gasteiger charge is 2.13. The van der Waals surface area contributed by atoms with E-state index in [0.29, 0.717) is 23.3 Å². The zero-order chi connectivity index (χ0) is 17.9. The van der Waals surface area contributed by atoms with E-state index in [-0.39, 0.29) is 12.3 Å². The first kappa shape index (κ1) is 17.1. The molecule has 0 aliphatic heterocycles. The van der Waals surface area contributed by atoms with Crippen LogP contribution in [-0.2, 0) is 11.2 Å². The first-order valence-corrected chi connectivity index (χ1v) is 10.4. The predicted octanol–water partition coefficient (Wildman–Crippen LogP) is 4.86. The number of thiazole rings is 1. The van der Waals surface area contributed by atoms with Gasteiger partial charge in [0.2, 0.25) is 17.6 Å². The summed E-state index contributed by atoms with van der Waals surface area (Å²) in [4.78, 5) is 24.2. The molecule has 1 N–H and O–H groups in total. The van der Waals surface area contributed by atoms with Gasteiger partial charge in [-0.25, -0.2) is 4.98 Å². The van der Waals surface area contributed by atoms with Crippen LogP contribution in [0.2, 0.25) is 0 Å². The van der Waals surface area contributed by atoms with Crippen molar-refractivity contribution in [2.24, 2.45) is 0 Å². The van der Waals surface area contributed by atoms with Crippen LogP contribution in [0.4, 0.5) is 5.13 Å². The molecule has 6 nitrogen and oxygen atoms in total. The Balaban J connectivity index is 1.32. The molecule has 0 atom stereocenters. The third-order valence-corrected chi connectivity index (χ3v) is 6.17. The number of hydrogen-bond donors (Lipinski definition) is 1. The van der Waals surface area contributed by atoms with Crippen molar-refractivity contribution in [1.82, 2.24) is 15.1 Å². The summed E-state index contributed by atoms with van der Waals surface area (Å²) in [6, 6.07) is 7.97. The number of nitrogens with zero attached hydrogens (tertiary/aromatic N) is 3. The van der Waals surface area contributed by atoms with Crippen molar-refractivity contribution < 1.29 is 9.32 Å². The molecular formula is C17H14N4O2S3. The minimum atomic E-state index is -0.121. The van der Waals surface area contributed by atoms with Crippen LogP contribution < -0.4 is 5.32 Å². The summed E-state index contributed by atoms with van der Waals surface area (Å²) in [5.74, 6) is 0.896. The molecule has 0 aliphatic rings. The van der Waals surface area contributed by atoms with E-state index in [9.17, 15) is 4.79 Å². The average Bonchev–Trinajstić information content (AvgIpc) is 3.39. The van der Waals surface area contributed by atoms with Crippen molar-refractivity contribution in [2.75, 3.05) is 5.32 Å². The molecule has 0 fully saturated rings. The minimum absolute atomic E-state index is 0.121. The van der Waals surface area contributed by atoms with E-state index in [1.807, 2.05) is 29.0 Å². The fourth-order valence-corrected chi connectivity index (χ4v) is 4.56. The second-order valence-electron chi connectivity index (χ2n) is 5.49. The molecule has 0 radical (unpaired) electrons. The molecule has 0 saturated carbocycles. The maximum atomic E-state index is 12.1. The van der Waals surface area contributed by atoms with Gasteiger partial charge in [-0.2, -0.15) is 4.98 Å². The van der Waals surface area contributed by atoms with Gasteiger partial charge in [-0.3, -0.25) is 4.79 Å². The van der Waals surface area contributed by atoms with Crippen LogP contribution >= 0.6 is 34.0 Å². The van der Waals surface area contributed by atoms with Gasteiger partial charge < -0.3 is 9.84 Å². The molecule has 0 bridgehead atoms. The number of anilines is 1. The van der Waals surface area contributed by atoms with Gasteiger partial charge in [-0.15, -0.1) is 34.0 Å². The Labute approximate surface area is 161 Å². The van der Waals surface area contributed by atoms with E-state index in [2.05, 4.69) is 33.4 Å². The van der Waals surface area contributed by atoms with Gasteiger partial charge in [0.05, 0.1) is 15.4 Å². The van der Waals surface area contributed by atoms with E-state index < -0.39 is 0 Å². The van der Waals surface area contributed by atoms with E-state index in [0.717, 1.165) is 15.4 Å². The Morgan fingerprint density at radius 2 is 2.12 bits per heavy atom. The van der Waals surface area contributed by atoms with Crippen LogP contribution in [0.3, 0.4) is 0 Å². The molecule has 132 valence electrons. The molecule has 0 spiro atoms. The number of rotatable bonds is 6. The Morgan fingerprint density at radius 1 is 1.19 bits per heavy atom. The fraction of sp³-hybridized carbons (Fsp3) is 0.176. The summed E-state index contributed by atoms with van der Waals surface area (Å²) < 4.78 is 5.21. The number of aryl methyl sites for hydroxylation is 2. The second kappa shape index (κ2) is 7.48. The number of carbonyl (C=O) groups excluding carboxylic acids is 1. The molecule has 9 heteroatoms. The van der Waals surface area contributed by atoms with Crippen molar-refractivity contribution in [3.63, 3.8) is 0 Å². The van der Waals surface area contributed by atoms with Crippen LogP contribution in [0.1, 0.15) is 17.2 Å². The number of carbonyl (C=O) groups is 1. The van der Waals surface area contributed by atoms with Crippen molar-refractivity contribution >= 4 is 45.0 Å². The quantitative estimate of drug-likeness (QED) is 0.498. The first-order chi connectivity index (χ1) is 12.7. The number of amides is 1. The van der Waals surface area contributed by atoms with Gasteiger partial charge >= 0.3 is 0 Å². The second-order valence-corrected chi connectivity index (χ2v) is 8.58. The minimum Gasteiger partial charge on any atom is -0.339 e. The SMILES string of the molecule is Cc1ccc(-c2csc(NC(=O)CCc3nc(-c4cccs4)no3)n2)s1. The van der Waals surface area contributed by atoms with Gasteiger partial charge in [0, 0.05) is 23.1 Å². The predicted molar refractivity (Wildman–Crippen MR) is 105 cm³/mol. The van der Waals surface area contributed by atoms with Crippen molar-refractivity contribution in [3.8, 4) is 21.3 Å². The lowest BCUT2D eigenvalue weighted by Gasteiger charge is -1.99. The average molecular weight is 403 g/mol. The highest BCUT2D eigenvalue weighted by atomic mass is 32.1. The van der Waals surface area contributed by atoms with E-state index >= 15 is 0 Å². The highest BCUT2D eigenvalue weighted by molar-refractivity contribution is 7.17. The van der Waals surface area contributed by atoms with Crippen LogP contribution in [0.25, 0.3) is 21.3 Å². The summed E-state index contributed by atoms with van der Waals surface area (Å²) >= 11 is 4.65. The summed E-state index contributed by atoms with van der Waals surface area (Å²) in [5.41, 5.74) is 0.890. The monoisotopic (exact) mass is 402 g/mol. The molecular weight excluding hydrogens is 388 g/mol. The zero-order valence-corrected chi connectivity index (χ0v) is 16.2. The summed E-state index contributed by atoms with van der Waals surface area (Å²) in [5, 5.41) is 11.3. The third-order valence-electron chi connectivity index (χ3n) is 3.52. The Bertz CT molecular complexity index is 1020. The zero-order valence-electron chi connectivity index (χ0n) is 13.8. The van der Waals surface area contributed by atoms with Gasteiger partial charge in [0.25, 0.3) is 0 Å². The normalized spacial score (nSPS) is 11.0. The van der Waals surface area contributed by atoms with Crippen LogP contribution in [-0.4, -0.2) is 21.0 Å². The van der Waals surface area contributed by atoms with Gasteiger partial charge in [0.1, 0.15) is 0 Å². The van der Waals surface area contributed by atoms with Crippen molar-refractivity contribution in [1.29, 1.82) is 0 Å². The molecule has 26 heavy (non-hydrogen) atoms. The molecule has 0 saturated heterocycles. The smallest absolute Gasteiger partial charge is 0.227 e. The van der Waals surface area contributed by atoms with E-state index in [1.165, 1.54) is 16.2 Å². The number of nitrogens with one attached hydrogen (secondary N) is 1. The molecule has 1 amide bonds. The largest absolute Gasteiger partial charge is 0.339 e. The number of aromatic nitrogens is 3. The van der Waals surface area contributed by atoms with Crippen LogP contribution in [0.15, 0.2) is 39.5 Å². The summed E-state index contributed by atoms with van der Waals surface area (Å²) in [6.45, 7) is 2.06. The molecule has 0 aromatic carbocycles. The summed E-state index contributed by atoms with van der Waals surface area (Å²) in [6.07, 6.45) is 0.658. The fourth-order valence-electron chi connectivity index (χ4n) is 2.28. The lowest BCUT2D eigenvalue weighted by atomic mass is 10.3. The Kier molecular flexibility index (Phi) is 4.91. The lowest BCUT2D eigenvalue weighted by molar-refractivity contribution is -0.116. The summed E-state index contributed by atoms with van der Waals surface area (Å²) in [7, 11) is 0. The maximum absolute atomic E-state index is 12.1. The van der Waals surface area contributed by atoms with Crippen molar-refractivity contribution in [2.45, 2.75) is 19.8 Å². The van der Waals surface area contributed by atoms with Crippen LogP contribution in [0.5, 0.6) is 0 Å². The van der Waals surface area contributed by atoms with Gasteiger partial charge in [-0.05, 0) is 30.5 Å². The standard InChI is InChI=1S/C17H14N4O2S3/c1-10-4-5-12(26-10)11-9-25-17(18-11)19-14(22)6-7-15-20-16(21-23-15)13-3-2-8-24-13/h2-5,8-9H,6-7H2,1H3,(H,18,19,22). The third kappa shape index (κ3) is 3.90. The molecule has 0 unspecified atom stereocenters. The Morgan fingerprint density at radius 3 is 2.88 bits per heavy atom. The van der Waals surface area contributed by atoms with Crippen molar-refractivity contribution in [3.05, 3.63) is 45.8 Å². The highest BCUT2D eigenvalue weighted by Crippen LogP contribution is 2.30. The number of hydrogen-bond acceptors (Lipinski definition) is 8. The number of thiophene rings is 2. The Hall–Kier alpha value is -2.36. The van der Waals surface area contributed by atoms with Gasteiger partial charge in [-0.1, -0.05) is 11.2 Å². The maximum Gasteiger partial charge on any atom is 0.227 e. The van der Waals surface area contributed by atoms with E-state index in [1.54, 1.807) is 22.7 Å². The molecule has 4 rings (SSSR count). The molecule has 4 aromatic rings. The molecule has 0 aliphatic carbocycles. The lowest BCUT2D eigenvalue weighted by Crippen LogP contribution is -2.12.